The fourth-order valence-electron chi connectivity index (χ4n) is 2.67. The number of unbranched alkanes of at least 4 members (excludes halogenated alkanes) is 1. The van der Waals surface area contributed by atoms with Crippen molar-refractivity contribution < 1.29 is 14.3 Å². The summed E-state index contributed by atoms with van der Waals surface area (Å²) in [5.74, 6) is 0.571. The van der Waals surface area contributed by atoms with Gasteiger partial charge in [-0.2, -0.15) is 0 Å². The average molecular weight is 381 g/mol. The van der Waals surface area contributed by atoms with Crippen LogP contribution in [0.3, 0.4) is 0 Å². The smallest absolute Gasteiger partial charge is 0.293 e. The topological polar surface area (TPSA) is 46.6 Å². The van der Waals surface area contributed by atoms with Crippen molar-refractivity contribution in [2.45, 2.75) is 33.3 Å². The van der Waals surface area contributed by atoms with Crippen LogP contribution in [0.4, 0.5) is 4.79 Å². The number of imide groups is 1. The van der Waals surface area contributed by atoms with Crippen LogP contribution >= 0.6 is 11.8 Å². The summed E-state index contributed by atoms with van der Waals surface area (Å²) in [5.41, 5.74) is 3.21. The van der Waals surface area contributed by atoms with E-state index in [-0.39, 0.29) is 11.1 Å². The van der Waals surface area contributed by atoms with Gasteiger partial charge in [0.05, 0.1) is 4.91 Å². The van der Waals surface area contributed by atoms with E-state index in [0.717, 1.165) is 41.5 Å². The molecule has 27 heavy (non-hydrogen) atoms. The van der Waals surface area contributed by atoms with Crippen LogP contribution in [-0.2, 0) is 11.4 Å². The van der Waals surface area contributed by atoms with Crippen molar-refractivity contribution in [2.75, 3.05) is 6.54 Å². The summed E-state index contributed by atoms with van der Waals surface area (Å²) in [6.07, 6.45) is 3.55. The number of benzene rings is 2. The summed E-state index contributed by atoms with van der Waals surface area (Å²) in [7, 11) is 0. The number of amides is 2. The Kier molecular flexibility index (Phi) is 6.35. The zero-order valence-corrected chi connectivity index (χ0v) is 16.4. The molecular formula is C22H23NO3S. The molecule has 2 amide bonds. The molecule has 0 N–H and O–H groups in total. The molecule has 5 heteroatoms. The summed E-state index contributed by atoms with van der Waals surface area (Å²) in [4.78, 5) is 26.2. The molecule has 3 rings (SSSR count). The van der Waals surface area contributed by atoms with Crippen molar-refractivity contribution in [3.8, 4) is 5.75 Å². The summed E-state index contributed by atoms with van der Waals surface area (Å²) < 4.78 is 5.80. The molecule has 1 aliphatic heterocycles. The van der Waals surface area contributed by atoms with Gasteiger partial charge >= 0.3 is 0 Å². The number of aryl methyl sites for hydroxylation is 1. The monoisotopic (exact) mass is 381 g/mol. The molecule has 0 atom stereocenters. The number of rotatable bonds is 7. The van der Waals surface area contributed by atoms with E-state index in [4.69, 9.17) is 4.74 Å². The Balaban J connectivity index is 1.61. The molecule has 0 bridgehead atoms. The second-order valence-corrected chi connectivity index (χ2v) is 7.52. The summed E-state index contributed by atoms with van der Waals surface area (Å²) >= 11 is 1.01. The lowest BCUT2D eigenvalue weighted by Gasteiger charge is -2.10. The Hall–Kier alpha value is -2.53. The lowest BCUT2D eigenvalue weighted by atomic mass is 10.1. The summed E-state index contributed by atoms with van der Waals surface area (Å²) in [6.45, 7) is 5.10. The van der Waals surface area contributed by atoms with E-state index in [2.05, 4.69) is 31.2 Å². The van der Waals surface area contributed by atoms with Crippen LogP contribution in [0.25, 0.3) is 6.08 Å². The molecule has 0 spiro atoms. The number of ether oxygens (including phenoxy) is 1. The van der Waals surface area contributed by atoms with Crippen molar-refractivity contribution in [2.24, 2.45) is 0 Å². The van der Waals surface area contributed by atoms with Crippen LogP contribution < -0.4 is 4.74 Å². The maximum absolute atomic E-state index is 12.4. The number of hydrogen-bond donors (Lipinski definition) is 0. The average Bonchev–Trinajstić information content (AvgIpc) is 2.94. The highest BCUT2D eigenvalue weighted by Gasteiger charge is 2.34. The van der Waals surface area contributed by atoms with Crippen LogP contribution in [0.15, 0.2) is 53.4 Å². The molecule has 2 aromatic carbocycles. The predicted molar refractivity (Wildman–Crippen MR) is 110 cm³/mol. The highest BCUT2D eigenvalue weighted by molar-refractivity contribution is 8.18. The second kappa shape index (κ2) is 8.91. The van der Waals surface area contributed by atoms with Gasteiger partial charge < -0.3 is 4.74 Å². The number of thioether (sulfide) groups is 1. The Morgan fingerprint density at radius 2 is 1.74 bits per heavy atom. The van der Waals surface area contributed by atoms with Crippen molar-refractivity contribution in [3.63, 3.8) is 0 Å². The molecule has 0 aliphatic carbocycles. The fourth-order valence-corrected chi connectivity index (χ4v) is 3.54. The van der Waals surface area contributed by atoms with E-state index < -0.39 is 0 Å². The van der Waals surface area contributed by atoms with Crippen LogP contribution in [0.1, 0.15) is 36.5 Å². The Morgan fingerprint density at radius 1 is 1.04 bits per heavy atom. The molecular weight excluding hydrogens is 358 g/mol. The third-order valence-corrected chi connectivity index (χ3v) is 5.22. The first-order chi connectivity index (χ1) is 13.1. The van der Waals surface area contributed by atoms with Crippen LogP contribution in [0, 0.1) is 6.92 Å². The van der Waals surface area contributed by atoms with Gasteiger partial charge in [-0.1, -0.05) is 55.3 Å². The SMILES string of the molecule is CCCCN1C(=O)S/C(=C\c2ccc(OCc3ccc(C)cc3)cc2)C1=O. The fraction of sp³-hybridized carbons (Fsp3) is 0.273. The molecule has 1 fully saturated rings. The third kappa shape index (κ3) is 5.01. The molecule has 4 nitrogen and oxygen atoms in total. The molecule has 1 heterocycles. The van der Waals surface area contributed by atoms with E-state index in [9.17, 15) is 9.59 Å². The molecule has 0 unspecified atom stereocenters. The minimum Gasteiger partial charge on any atom is -0.489 e. The van der Waals surface area contributed by atoms with Crippen LogP contribution in [-0.4, -0.2) is 22.6 Å². The van der Waals surface area contributed by atoms with Gasteiger partial charge in [0.2, 0.25) is 0 Å². The van der Waals surface area contributed by atoms with E-state index >= 15 is 0 Å². The number of carbonyl (C=O) groups excluding carboxylic acids is 2. The molecule has 0 saturated carbocycles. The largest absolute Gasteiger partial charge is 0.489 e. The van der Waals surface area contributed by atoms with Crippen LogP contribution in [0.5, 0.6) is 5.75 Å². The zero-order valence-electron chi connectivity index (χ0n) is 15.6. The van der Waals surface area contributed by atoms with Crippen molar-refractivity contribution in [1.82, 2.24) is 4.90 Å². The highest BCUT2D eigenvalue weighted by atomic mass is 32.2. The number of carbonyl (C=O) groups is 2. The Morgan fingerprint density at radius 3 is 2.41 bits per heavy atom. The van der Waals surface area contributed by atoms with Crippen molar-refractivity contribution in [3.05, 3.63) is 70.1 Å². The van der Waals surface area contributed by atoms with Gasteiger partial charge in [-0.25, -0.2) is 0 Å². The third-order valence-electron chi connectivity index (χ3n) is 4.31. The maximum atomic E-state index is 12.4. The lowest BCUT2D eigenvalue weighted by molar-refractivity contribution is -0.122. The van der Waals surface area contributed by atoms with Gasteiger partial charge in [0, 0.05) is 6.54 Å². The molecule has 0 aromatic heterocycles. The van der Waals surface area contributed by atoms with E-state index in [1.807, 2.05) is 31.2 Å². The van der Waals surface area contributed by atoms with Crippen LogP contribution in [0.2, 0.25) is 0 Å². The maximum Gasteiger partial charge on any atom is 0.293 e. The van der Waals surface area contributed by atoms with Gasteiger partial charge in [-0.05, 0) is 54.4 Å². The van der Waals surface area contributed by atoms with E-state index in [1.165, 1.54) is 10.5 Å². The number of nitrogens with zero attached hydrogens (tertiary/aromatic N) is 1. The highest BCUT2D eigenvalue weighted by Crippen LogP contribution is 2.32. The summed E-state index contributed by atoms with van der Waals surface area (Å²) in [5, 5.41) is -0.183. The van der Waals surface area contributed by atoms with Gasteiger partial charge in [0.1, 0.15) is 12.4 Å². The molecule has 140 valence electrons. The number of hydrogen-bond acceptors (Lipinski definition) is 4. The zero-order chi connectivity index (χ0) is 19.2. The quantitative estimate of drug-likeness (QED) is 0.602. The van der Waals surface area contributed by atoms with Crippen molar-refractivity contribution >= 4 is 29.0 Å². The second-order valence-electron chi connectivity index (χ2n) is 6.53. The normalized spacial score (nSPS) is 15.6. The van der Waals surface area contributed by atoms with Gasteiger partial charge in [0.15, 0.2) is 0 Å². The molecule has 1 aliphatic rings. The van der Waals surface area contributed by atoms with Crippen molar-refractivity contribution in [1.29, 1.82) is 0 Å². The minimum atomic E-state index is -0.196. The summed E-state index contributed by atoms with van der Waals surface area (Å²) in [6, 6.07) is 15.8. The predicted octanol–water partition coefficient (Wildman–Crippen LogP) is 5.41. The van der Waals surface area contributed by atoms with E-state index in [1.54, 1.807) is 6.08 Å². The first kappa shape index (κ1) is 19.2. The molecule has 0 radical (unpaired) electrons. The van der Waals surface area contributed by atoms with Gasteiger partial charge in [-0.3, -0.25) is 14.5 Å². The minimum absolute atomic E-state index is 0.183. The van der Waals surface area contributed by atoms with E-state index in [0.29, 0.717) is 18.1 Å². The lowest BCUT2D eigenvalue weighted by Crippen LogP contribution is -2.29. The standard InChI is InChI=1S/C22H23NO3S/c1-3-4-13-23-21(24)20(27-22(23)25)14-17-9-11-19(12-10-17)26-15-18-7-5-16(2)6-8-18/h5-12,14H,3-4,13,15H2,1-2H3/b20-14-. The first-order valence-electron chi connectivity index (χ1n) is 9.10. The molecule has 1 saturated heterocycles. The molecule has 2 aromatic rings. The first-order valence-corrected chi connectivity index (χ1v) is 9.92. The Bertz CT molecular complexity index is 841. The van der Waals surface area contributed by atoms with Gasteiger partial charge in [0.25, 0.3) is 11.1 Å². The van der Waals surface area contributed by atoms with Gasteiger partial charge in [-0.15, -0.1) is 0 Å². The Labute approximate surface area is 164 Å².